The van der Waals surface area contributed by atoms with Crippen molar-refractivity contribution >= 4 is 11.8 Å². The summed E-state index contributed by atoms with van der Waals surface area (Å²) in [4.78, 5) is 43.8. The van der Waals surface area contributed by atoms with Gasteiger partial charge in [0.05, 0.1) is 19.1 Å². The number of methoxy groups -OCH3 is 1. The second kappa shape index (κ2) is 8.66. The van der Waals surface area contributed by atoms with E-state index in [0.29, 0.717) is 25.2 Å². The number of hydrogen-bond acceptors (Lipinski definition) is 4. The van der Waals surface area contributed by atoms with Crippen molar-refractivity contribution in [2.75, 3.05) is 27.2 Å². The number of piperidine rings is 1. The molecule has 3 aromatic rings. The largest absolute Gasteiger partial charge is 0.497 e. The standard InChI is InChI=1S/C29H29N3O4/c1-30-27(19-10-12-21(36-2)13-11-19)26(22-6-3-4-7-23(22)28(30)34)29(35)31-15-18-14-20(17-31)24-8-5-9-25(33)32(24)16-18/h3-13,18,20,26-27H,14-17H2,1-2H3/t18-,20+,26+,27-/m0/s1. The Balaban J connectivity index is 1.40. The third-order valence-corrected chi connectivity index (χ3v) is 8.09. The molecule has 2 amide bonds. The van der Waals surface area contributed by atoms with Gasteiger partial charge in [0.15, 0.2) is 0 Å². The highest BCUT2D eigenvalue weighted by atomic mass is 16.5. The highest BCUT2D eigenvalue weighted by Crippen LogP contribution is 2.45. The third-order valence-electron chi connectivity index (χ3n) is 8.09. The van der Waals surface area contributed by atoms with Crippen LogP contribution in [0.15, 0.2) is 71.5 Å². The van der Waals surface area contributed by atoms with Crippen molar-refractivity contribution in [3.8, 4) is 5.75 Å². The molecule has 1 fully saturated rings. The Bertz CT molecular complexity index is 1400. The lowest BCUT2D eigenvalue weighted by molar-refractivity contribution is -0.137. The van der Waals surface area contributed by atoms with E-state index >= 15 is 0 Å². The molecule has 2 aromatic carbocycles. The number of carbonyl (C=O) groups is 2. The Morgan fingerprint density at radius 3 is 2.47 bits per heavy atom. The number of pyridine rings is 1. The topological polar surface area (TPSA) is 71.8 Å². The van der Waals surface area contributed by atoms with Crippen LogP contribution >= 0.6 is 0 Å². The summed E-state index contributed by atoms with van der Waals surface area (Å²) in [6.07, 6.45) is 0.981. The highest BCUT2D eigenvalue weighted by molar-refractivity contribution is 6.01. The lowest BCUT2D eigenvalue weighted by atomic mass is 9.77. The summed E-state index contributed by atoms with van der Waals surface area (Å²) in [5.41, 5.74) is 3.30. The van der Waals surface area contributed by atoms with Crippen LogP contribution in [0.3, 0.4) is 0 Å². The molecule has 184 valence electrons. The predicted octanol–water partition coefficient (Wildman–Crippen LogP) is 3.41. The molecule has 0 unspecified atom stereocenters. The van der Waals surface area contributed by atoms with Crippen molar-refractivity contribution in [2.45, 2.75) is 30.8 Å². The van der Waals surface area contributed by atoms with Crippen LogP contribution in [0.4, 0.5) is 0 Å². The quantitative estimate of drug-likeness (QED) is 0.573. The average molecular weight is 484 g/mol. The van der Waals surface area contributed by atoms with E-state index in [1.165, 1.54) is 0 Å². The average Bonchev–Trinajstić information content (AvgIpc) is 2.91. The fourth-order valence-electron chi connectivity index (χ4n) is 6.43. The molecule has 7 heteroatoms. The van der Waals surface area contributed by atoms with Crippen molar-refractivity contribution < 1.29 is 14.3 Å². The summed E-state index contributed by atoms with van der Waals surface area (Å²) in [6, 6.07) is 20.1. The summed E-state index contributed by atoms with van der Waals surface area (Å²) in [7, 11) is 3.40. The van der Waals surface area contributed by atoms with Crippen molar-refractivity contribution in [3.63, 3.8) is 0 Å². The number of carbonyl (C=O) groups excluding carboxylic acids is 2. The Kier molecular flexibility index (Phi) is 5.43. The van der Waals surface area contributed by atoms with Gasteiger partial charge in [0.2, 0.25) is 5.91 Å². The normalized spacial score (nSPS) is 24.7. The summed E-state index contributed by atoms with van der Waals surface area (Å²) >= 11 is 0. The number of likely N-dealkylation sites (N-methyl/N-ethyl adjacent to an activating group) is 1. The molecule has 4 heterocycles. The van der Waals surface area contributed by atoms with Crippen LogP contribution in [0.2, 0.25) is 0 Å². The number of nitrogens with zero attached hydrogens (tertiary/aromatic N) is 3. The van der Waals surface area contributed by atoms with Gasteiger partial charge in [-0.15, -0.1) is 0 Å². The van der Waals surface area contributed by atoms with Gasteiger partial charge in [-0.1, -0.05) is 36.4 Å². The van der Waals surface area contributed by atoms with Gasteiger partial charge in [0.25, 0.3) is 11.5 Å². The number of hydrogen-bond donors (Lipinski definition) is 0. The Morgan fingerprint density at radius 1 is 0.917 bits per heavy atom. The number of likely N-dealkylation sites (tertiary alicyclic amines) is 1. The molecule has 2 bridgehead atoms. The number of aromatic nitrogens is 1. The molecule has 6 rings (SSSR count). The first-order valence-corrected chi connectivity index (χ1v) is 12.4. The molecule has 3 aliphatic rings. The second-order valence-electron chi connectivity index (χ2n) is 10.1. The maximum Gasteiger partial charge on any atom is 0.254 e. The molecule has 36 heavy (non-hydrogen) atoms. The fourth-order valence-corrected chi connectivity index (χ4v) is 6.43. The summed E-state index contributed by atoms with van der Waals surface area (Å²) in [5.74, 6) is 0.521. The second-order valence-corrected chi connectivity index (χ2v) is 10.1. The summed E-state index contributed by atoms with van der Waals surface area (Å²) < 4.78 is 7.21. The number of rotatable bonds is 3. The molecule has 1 saturated heterocycles. The zero-order chi connectivity index (χ0) is 25.0. The predicted molar refractivity (Wildman–Crippen MR) is 135 cm³/mol. The van der Waals surface area contributed by atoms with Crippen molar-refractivity contribution in [1.29, 1.82) is 0 Å². The molecule has 0 saturated carbocycles. The SMILES string of the molecule is COc1ccc([C@H]2[C@H](C(=O)N3C[C@@H]4C[C@H](C3)c3cccc(=O)n3C4)c3ccccc3C(=O)N2C)cc1. The number of benzene rings is 2. The molecular weight excluding hydrogens is 454 g/mol. The molecule has 3 aliphatic heterocycles. The van der Waals surface area contributed by atoms with Crippen molar-refractivity contribution in [2.24, 2.45) is 5.92 Å². The first-order chi connectivity index (χ1) is 17.5. The first-order valence-electron chi connectivity index (χ1n) is 12.4. The van der Waals surface area contributed by atoms with Crippen LogP contribution in [-0.2, 0) is 11.3 Å². The van der Waals surface area contributed by atoms with Crippen molar-refractivity contribution in [3.05, 3.63) is 99.5 Å². The highest BCUT2D eigenvalue weighted by Gasteiger charge is 2.46. The van der Waals surface area contributed by atoms with Gasteiger partial charge in [-0.3, -0.25) is 14.4 Å². The van der Waals surface area contributed by atoms with Crippen LogP contribution in [0.1, 0.15) is 51.5 Å². The van der Waals surface area contributed by atoms with E-state index in [1.807, 2.05) is 70.1 Å². The van der Waals surface area contributed by atoms with E-state index in [4.69, 9.17) is 4.74 Å². The zero-order valence-electron chi connectivity index (χ0n) is 20.5. The Hall–Kier alpha value is -3.87. The minimum absolute atomic E-state index is 0.0305. The fraction of sp³-hybridized carbons (Fsp3) is 0.345. The minimum Gasteiger partial charge on any atom is -0.497 e. The lowest BCUT2D eigenvalue weighted by Gasteiger charge is -2.46. The van der Waals surface area contributed by atoms with Crippen LogP contribution in [0, 0.1) is 5.92 Å². The van der Waals surface area contributed by atoms with Gasteiger partial charge in [-0.05, 0) is 47.7 Å². The van der Waals surface area contributed by atoms with E-state index in [0.717, 1.165) is 29.0 Å². The zero-order valence-corrected chi connectivity index (χ0v) is 20.5. The van der Waals surface area contributed by atoms with E-state index in [9.17, 15) is 14.4 Å². The number of fused-ring (bicyclic) bond motifs is 5. The molecule has 0 radical (unpaired) electrons. The van der Waals surface area contributed by atoms with E-state index in [1.54, 1.807) is 25.1 Å². The van der Waals surface area contributed by atoms with Crippen LogP contribution in [-0.4, -0.2) is 53.4 Å². The van der Waals surface area contributed by atoms with Crippen LogP contribution < -0.4 is 10.3 Å². The van der Waals surface area contributed by atoms with Crippen molar-refractivity contribution in [1.82, 2.24) is 14.4 Å². The third kappa shape index (κ3) is 3.53. The monoisotopic (exact) mass is 483 g/mol. The molecule has 0 aliphatic carbocycles. The maximum absolute atomic E-state index is 14.4. The molecule has 0 spiro atoms. The first kappa shape index (κ1) is 22.6. The van der Waals surface area contributed by atoms with Gasteiger partial charge >= 0.3 is 0 Å². The molecular formula is C29H29N3O4. The lowest BCUT2D eigenvalue weighted by Crippen LogP contribution is -2.53. The Morgan fingerprint density at radius 2 is 1.69 bits per heavy atom. The van der Waals surface area contributed by atoms with Gasteiger partial charge < -0.3 is 19.1 Å². The Labute approximate surface area is 209 Å². The van der Waals surface area contributed by atoms with E-state index in [-0.39, 0.29) is 29.2 Å². The molecule has 4 atom stereocenters. The van der Waals surface area contributed by atoms with E-state index in [2.05, 4.69) is 0 Å². The van der Waals surface area contributed by atoms with Gasteiger partial charge in [0, 0.05) is 49.9 Å². The van der Waals surface area contributed by atoms with Crippen LogP contribution in [0.5, 0.6) is 5.75 Å². The van der Waals surface area contributed by atoms with Gasteiger partial charge in [0.1, 0.15) is 5.75 Å². The maximum atomic E-state index is 14.4. The summed E-state index contributed by atoms with van der Waals surface area (Å²) in [6.45, 7) is 1.82. The van der Waals surface area contributed by atoms with Crippen LogP contribution in [0.25, 0.3) is 0 Å². The van der Waals surface area contributed by atoms with E-state index < -0.39 is 12.0 Å². The summed E-state index contributed by atoms with van der Waals surface area (Å²) in [5, 5.41) is 0. The number of ether oxygens (including phenoxy) is 1. The van der Waals surface area contributed by atoms with Gasteiger partial charge in [-0.2, -0.15) is 0 Å². The number of amides is 2. The molecule has 1 aromatic heterocycles. The smallest absolute Gasteiger partial charge is 0.254 e. The minimum atomic E-state index is -0.519. The molecule has 0 N–H and O–H groups in total. The molecule has 7 nitrogen and oxygen atoms in total. The van der Waals surface area contributed by atoms with Gasteiger partial charge in [-0.25, -0.2) is 0 Å².